The average molecular weight is 324 g/mol. The van der Waals surface area contributed by atoms with Crippen LogP contribution in [0.5, 0.6) is 0 Å². The van der Waals surface area contributed by atoms with Crippen LogP contribution in [-0.4, -0.2) is 18.2 Å². The number of aryl methyl sites for hydroxylation is 3. The molecule has 0 spiro atoms. The van der Waals surface area contributed by atoms with Gasteiger partial charge in [-0.2, -0.15) is 5.10 Å². The molecule has 2 rings (SSSR count). The van der Waals surface area contributed by atoms with E-state index in [1.165, 1.54) is 5.56 Å². The second-order valence-corrected chi connectivity index (χ2v) is 5.98. The molecule has 1 amide bonds. The van der Waals surface area contributed by atoms with E-state index in [1.807, 2.05) is 45.0 Å². The number of anilines is 2. The molecule has 5 nitrogen and oxygen atoms in total. The lowest BCUT2D eigenvalue weighted by atomic mass is 10.1. The number of carbonyl (C=O) groups excluding carboxylic acids is 1. The predicted molar refractivity (Wildman–Crippen MR) is 100 cm³/mol. The zero-order valence-electron chi connectivity index (χ0n) is 14.6. The highest BCUT2D eigenvalue weighted by atomic mass is 16.2. The summed E-state index contributed by atoms with van der Waals surface area (Å²) in [5.74, 6) is -0.197. The standard InChI is InChI=1S/C19H24N4O/c1-12-8-13(2)19(14(3)9-12)21-11-18(24)23-22-15(4)16-6-5-7-17(20)10-16/h5-10,21H,11,20H2,1-4H3,(H,23,24)/b22-15-. The summed E-state index contributed by atoms with van der Waals surface area (Å²) in [5.41, 5.74) is 15.0. The van der Waals surface area contributed by atoms with Crippen molar-refractivity contribution in [2.24, 2.45) is 5.10 Å². The van der Waals surface area contributed by atoms with E-state index in [4.69, 9.17) is 5.73 Å². The van der Waals surface area contributed by atoms with E-state index in [0.717, 1.165) is 22.4 Å². The van der Waals surface area contributed by atoms with Gasteiger partial charge in [-0.3, -0.25) is 4.79 Å². The summed E-state index contributed by atoms with van der Waals surface area (Å²) in [6.07, 6.45) is 0. The van der Waals surface area contributed by atoms with Crippen LogP contribution in [0.1, 0.15) is 29.2 Å². The van der Waals surface area contributed by atoms with Crippen LogP contribution in [0.15, 0.2) is 41.5 Å². The zero-order chi connectivity index (χ0) is 17.7. The molecule has 5 heteroatoms. The maximum atomic E-state index is 12.0. The highest BCUT2D eigenvalue weighted by molar-refractivity contribution is 6.00. The molecule has 126 valence electrons. The summed E-state index contributed by atoms with van der Waals surface area (Å²) in [6, 6.07) is 11.6. The highest BCUT2D eigenvalue weighted by Crippen LogP contribution is 2.21. The highest BCUT2D eigenvalue weighted by Gasteiger charge is 2.06. The number of hydrogen-bond donors (Lipinski definition) is 3. The molecule has 0 aliphatic rings. The topological polar surface area (TPSA) is 79.5 Å². The van der Waals surface area contributed by atoms with Gasteiger partial charge in [-0.1, -0.05) is 29.8 Å². The molecule has 0 aliphatic heterocycles. The van der Waals surface area contributed by atoms with Crippen LogP contribution in [0.2, 0.25) is 0 Å². The minimum atomic E-state index is -0.197. The van der Waals surface area contributed by atoms with Crippen molar-refractivity contribution in [2.75, 3.05) is 17.6 Å². The molecule has 0 fully saturated rings. The van der Waals surface area contributed by atoms with Crippen molar-refractivity contribution in [2.45, 2.75) is 27.7 Å². The molecule has 0 atom stereocenters. The zero-order valence-corrected chi connectivity index (χ0v) is 14.6. The SMILES string of the molecule is C/C(=N/NC(=O)CNc1c(C)cc(C)cc1C)c1cccc(N)c1. The minimum absolute atomic E-state index is 0.165. The van der Waals surface area contributed by atoms with Crippen molar-refractivity contribution in [1.29, 1.82) is 0 Å². The quantitative estimate of drug-likeness (QED) is 0.449. The fraction of sp³-hybridized carbons (Fsp3) is 0.263. The summed E-state index contributed by atoms with van der Waals surface area (Å²) in [4.78, 5) is 12.0. The second kappa shape index (κ2) is 7.64. The van der Waals surface area contributed by atoms with Crippen molar-refractivity contribution in [3.63, 3.8) is 0 Å². The van der Waals surface area contributed by atoms with Crippen LogP contribution in [0.3, 0.4) is 0 Å². The number of hydrazone groups is 1. The van der Waals surface area contributed by atoms with Gasteiger partial charge < -0.3 is 11.1 Å². The molecule has 2 aromatic rings. The van der Waals surface area contributed by atoms with E-state index in [-0.39, 0.29) is 12.5 Å². The molecule has 0 bridgehead atoms. The van der Waals surface area contributed by atoms with Gasteiger partial charge in [-0.05, 0) is 56.5 Å². The molecular formula is C19H24N4O. The largest absolute Gasteiger partial charge is 0.399 e. The van der Waals surface area contributed by atoms with Crippen LogP contribution >= 0.6 is 0 Å². The molecule has 0 heterocycles. The lowest BCUT2D eigenvalue weighted by Gasteiger charge is -2.13. The van der Waals surface area contributed by atoms with Crippen LogP contribution in [0, 0.1) is 20.8 Å². The van der Waals surface area contributed by atoms with Gasteiger partial charge >= 0.3 is 0 Å². The number of carbonyl (C=O) groups is 1. The molecule has 0 aliphatic carbocycles. The van der Waals surface area contributed by atoms with Gasteiger partial charge in [-0.25, -0.2) is 5.43 Å². The van der Waals surface area contributed by atoms with Gasteiger partial charge in [0.25, 0.3) is 5.91 Å². The van der Waals surface area contributed by atoms with E-state index >= 15 is 0 Å². The predicted octanol–water partition coefficient (Wildman–Crippen LogP) is 3.15. The number of amides is 1. The van der Waals surface area contributed by atoms with Gasteiger partial charge in [0.1, 0.15) is 0 Å². The normalized spacial score (nSPS) is 11.2. The fourth-order valence-corrected chi connectivity index (χ4v) is 2.64. The van der Waals surface area contributed by atoms with Crippen LogP contribution in [0.4, 0.5) is 11.4 Å². The minimum Gasteiger partial charge on any atom is -0.399 e. The van der Waals surface area contributed by atoms with Gasteiger partial charge in [0, 0.05) is 11.4 Å². The number of hydrogen-bond acceptors (Lipinski definition) is 4. The molecule has 0 saturated carbocycles. The van der Waals surface area contributed by atoms with E-state index in [2.05, 4.69) is 34.9 Å². The first kappa shape index (κ1) is 17.5. The summed E-state index contributed by atoms with van der Waals surface area (Å²) < 4.78 is 0. The first-order valence-corrected chi connectivity index (χ1v) is 7.87. The number of rotatable bonds is 5. The van der Waals surface area contributed by atoms with Crippen molar-refractivity contribution < 1.29 is 4.79 Å². The lowest BCUT2D eigenvalue weighted by Crippen LogP contribution is -2.27. The summed E-state index contributed by atoms with van der Waals surface area (Å²) in [7, 11) is 0. The fourth-order valence-electron chi connectivity index (χ4n) is 2.64. The Balaban J connectivity index is 1.96. The molecule has 24 heavy (non-hydrogen) atoms. The smallest absolute Gasteiger partial charge is 0.259 e. The second-order valence-electron chi connectivity index (χ2n) is 5.98. The Labute approximate surface area is 143 Å². The summed E-state index contributed by atoms with van der Waals surface area (Å²) >= 11 is 0. The van der Waals surface area contributed by atoms with Crippen molar-refractivity contribution in [3.8, 4) is 0 Å². The van der Waals surface area contributed by atoms with Crippen LogP contribution in [-0.2, 0) is 4.79 Å². The van der Waals surface area contributed by atoms with E-state index < -0.39 is 0 Å². The van der Waals surface area contributed by atoms with Crippen molar-refractivity contribution in [1.82, 2.24) is 5.43 Å². The molecule has 0 unspecified atom stereocenters. The number of nitrogens with two attached hydrogens (primary N) is 1. The molecule has 2 aromatic carbocycles. The third kappa shape index (κ3) is 4.59. The maximum Gasteiger partial charge on any atom is 0.259 e. The average Bonchev–Trinajstić information content (AvgIpc) is 2.51. The van der Waals surface area contributed by atoms with Gasteiger partial charge in [0.05, 0.1) is 12.3 Å². The molecule has 0 radical (unpaired) electrons. The van der Waals surface area contributed by atoms with Gasteiger partial charge in [-0.15, -0.1) is 0 Å². The Kier molecular flexibility index (Phi) is 5.58. The molecule has 0 aromatic heterocycles. The molecule has 0 saturated heterocycles. The number of nitrogens with one attached hydrogen (secondary N) is 2. The molecular weight excluding hydrogens is 300 g/mol. The Morgan fingerprint density at radius 3 is 2.42 bits per heavy atom. The Morgan fingerprint density at radius 1 is 1.12 bits per heavy atom. The molecule has 4 N–H and O–H groups in total. The maximum absolute atomic E-state index is 12.0. The summed E-state index contributed by atoms with van der Waals surface area (Å²) in [5, 5.41) is 7.31. The van der Waals surface area contributed by atoms with Crippen LogP contribution < -0.4 is 16.5 Å². The number of nitrogen functional groups attached to an aromatic ring is 1. The number of benzene rings is 2. The first-order valence-electron chi connectivity index (χ1n) is 7.87. The van der Waals surface area contributed by atoms with Gasteiger partial charge in [0.15, 0.2) is 0 Å². The first-order chi connectivity index (χ1) is 11.4. The van der Waals surface area contributed by atoms with Crippen LogP contribution in [0.25, 0.3) is 0 Å². The Hall–Kier alpha value is -2.82. The van der Waals surface area contributed by atoms with E-state index in [0.29, 0.717) is 11.4 Å². The Morgan fingerprint density at radius 2 is 1.79 bits per heavy atom. The van der Waals surface area contributed by atoms with E-state index in [9.17, 15) is 4.79 Å². The number of nitrogens with zero attached hydrogens (tertiary/aromatic N) is 1. The monoisotopic (exact) mass is 324 g/mol. The third-order valence-corrected chi connectivity index (χ3v) is 3.76. The van der Waals surface area contributed by atoms with Gasteiger partial charge in [0.2, 0.25) is 0 Å². The lowest BCUT2D eigenvalue weighted by molar-refractivity contribution is -0.119. The third-order valence-electron chi connectivity index (χ3n) is 3.76. The van der Waals surface area contributed by atoms with Crippen molar-refractivity contribution in [3.05, 3.63) is 58.7 Å². The van der Waals surface area contributed by atoms with E-state index in [1.54, 1.807) is 0 Å². The Bertz CT molecular complexity index is 758. The van der Waals surface area contributed by atoms with Crippen molar-refractivity contribution >= 4 is 23.0 Å². The summed E-state index contributed by atoms with van der Waals surface area (Å²) in [6.45, 7) is 8.12.